The smallest absolute Gasteiger partial charge is 0.151 e. The molecule has 5 rings (SSSR count). The van der Waals surface area contributed by atoms with E-state index in [1.54, 1.807) is 0 Å². The van der Waals surface area contributed by atoms with Crippen LogP contribution in [0, 0.1) is 0 Å². The van der Waals surface area contributed by atoms with Crippen LogP contribution in [-0.4, -0.2) is 24.9 Å². The summed E-state index contributed by atoms with van der Waals surface area (Å²) in [6, 6.07) is 40.7. The molecular formula is C33H32O4. The molecule has 0 bridgehead atoms. The molecule has 1 heterocycles. The summed E-state index contributed by atoms with van der Waals surface area (Å²) in [5.74, 6) is 0.758. The van der Waals surface area contributed by atoms with Crippen LogP contribution in [0.3, 0.4) is 0 Å². The van der Waals surface area contributed by atoms with Gasteiger partial charge in [-0.05, 0) is 28.3 Å². The molecule has 0 aliphatic carbocycles. The molecule has 4 heteroatoms. The van der Waals surface area contributed by atoms with E-state index in [0.717, 1.165) is 28.0 Å². The number of hydrogen-bond donors (Lipinski definition) is 0. The number of hydrogen-bond acceptors (Lipinski definition) is 4. The predicted octanol–water partition coefficient (Wildman–Crippen LogP) is 6.81. The lowest BCUT2D eigenvalue weighted by atomic mass is 10.1. The van der Waals surface area contributed by atoms with Crippen molar-refractivity contribution in [3.8, 4) is 0 Å². The average molecular weight is 493 g/mol. The average Bonchev–Trinajstić information content (AvgIpc) is 3.28. The molecule has 0 saturated carbocycles. The second-order valence-corrected chi connectivity index (χ2v) is 9.09. The lowest BCUT2D eigenvalue weighted by Gasteiger charge is -2.23. The van der Waals surface area contributed by atoms with Crippen LogP contribution >= 0.6 is 0 Å². The highest BCUT2D eigenvalue weighted by molar-refractivity contribution is 5.53. The van der Waals surface area contributed by atoms with Gasteiger partial charge in [0.1, 0.15) is 18.0 Å². The molecule has 4 aromatic rings. The highest BCUT2D eigenvalue weighted by Gasteiger charge is 2.44. The van der Waals surface area contributed by atoms with E-state index < -0.39 is 0 Å². The predicted molar refractivity (Wildman–Crippen MR) is 145 cm³/mol. The summed E-state index contributed by atoms with van der Waals surface area (Å²) in [5.41, 5.74) is 4.39. The van der Waals surface area contributed by atoms with Crippen LogP contribution in [0.25, 0.3) is 6.08 Å². The van der Waals surface area contributed by atoms with Crippen LogP contribution in [0.4, 0.5) is 0 Å². The molecule has 0 N–H and O–H groups in total. The minimum atomic E-state index is -0.366. The fourth-order valence-corrected chi connectivity index (χ4v) is 4.39. The second kappa shape index (κ2) is 13.0. The Labute approximate surface area is 219 Å². The Balaban J connectivity index is 1.37. The summed E-state index contributed by atoms with van der Waals surface area (Å²) in [6.45, 7) is 1.84. The van der Waals surface area contributed by atoms with Crippen molar-refractivity contribution < 1.29 is 18.9 Å². The van der Waals surface area contributed by atoms with Gasteiger partial charge in [-0.3, -0.25) is 0 Å². The van der Waals surface area contributed by atoms with Crippen molar-refractivity contribution in [1.82, 2.24) is 0 Å². The van der Waals surface area contributed by atoms with Gasteiger partial charge in [-0.15, -0.1) is 0 Å². The van der Waals surface area contributed by atoms with Crippen molar-refractivity contribution >= 4 is 6.08 Å². The van der Waals surface area contributed by atoms with Gasteiger partial charge in [-0.2, -0.15) is 0 Å². The van der Waals surface area contributed by atoms with Gasteiger partial charge in [0.05, 0.1) is 26.4 Å². The van der Waals surface area contributed by atoms with E-state index in [1.807, 2.05) is 78.9 Å². The van der Waals surface area contributed by atoms with Crippen molar-refractivity contribution in [2.75, 3.05) is 6.61 Å². The van der Waals surface area contributed by atoms with Crippen molar-refractivity contribution in [2.45, 2.75) is 38.1 Å². The minimum absolute atomic E-state index is 0.303. The zero-order chi connectivity index (χ0) is 25.1. The summed E-state index contributed by atoms with van der Waals surface area (Å²) < 4.78 is 25.6. The maximum absolute atomic E-state index is 6.50. The van der Waals surface area contributed by atoms with Crippen molar-refractivity contribution in [1.29, 1.82) is 0 Å². The summed E-state index contributed by atoms with van der Waals surface area (Å²) in [5, 5.41) is 0. The van der Waals surface area contributed by atoms with Crippen LogP contribution in [0.2, 0.25) is 0 Å². The lowest BCUT2D eigenvalue weighted by molar-refractivity contribution is -0.0894. The second-order valence-electron chi connectivity index (χ2n) is 9.09. The number of rotatable bonds is 11. The van der Waals surface area contributed by atoms with Gasteiger partial charge in [-0.25, -0.2) is 0 Å². The molecule has 1 aliphatic rings. The molecule has 0 unspecified atom stereocenters. The molecule has 3 atom stereocenters. The Morgan fingerprint density at radius 2 is 1.05 bits per heavy atom. The van der Waals surface area contributed by atoms with Crippen molar-refractivity contribution in [3.63, 3.8) is 0 Å². The van der Waals surface area contributed by atoms with Gasteiger partial charge in [0, 0.05) is 0 Å². The Morgan fingerprint density at radius 1 is 0.568 bits per heavy atom. The fourth-order valence-electron chi connectivity index (χ4n) is 4.39. The highest BCUT2D eigenvalue weighted by atomic mass is 16.6. The molecule has 0 aromatic heterocycles. The van der Waals surface area contributed by atoms with Crippen LogP contribution in [0.5, 0.6) is 0 Å². The molecule has 0 radical (unpaired) electrons. The van der Waals surface area contributed by atoms with Crippen LogP contribution in [-0.2, 0) is 38.8 Å². The van der Waals surface area contributed by atoms with E-state index in [9.17, 15) is 0 Å². The third kappa shape index (κ3) is 7.17. The Kier molecular flexibility index (Phi) is 8.79. The highest BCUT2D eigenvalue weighted by Crippen LogP contribution is 2.33. The monoisotopic (exact) mass is 492 g/mol. The lowest BCUT2D eigenvalue weighted by Crippen LogP contribution is -2.37. The third-order valence-corrected chi connectivity index (χ3v) is 6.29. The van der Waals surface area contributed by atoms with E-state index in [0.29, 0.717) is 26.4 Å². The maximum atomic E-state index is 6.50. The largest absolute Gasteiger partial charge is 0.487 e. The van der Waals surface area contributed by atoms with Gasteiger partial charge in [0.15, 0.2) is 6.10 Å². The molecule has 0 spiro atoms. The van der Waals surface area contributed by atoms with E-state index in [1.165, 1.54) is 0 Å². The molecule has 1 fully saturated rings. The third-order valence-electron chi connectivity index (χ3n) is 6.29. The number of ether oxygens (including phenoxy) is 4. The summed E-state index contributed by atoms with van der Waals surface area (Å²) in [7, 11) is 0. The quantitative estimate of drug-likeness (QED) is 0.230. The van der Waals surface area contributed by atoms with Crippen molar-refractivity contribution in [3.05, 3.63) is 149 Å². The Morgan fingerprint density at radius 3 is 1.62 bits per heavy atom. The Hall–Kier alpha value is -3.70. The molecule has 4 nitrogen and oxygen atoms in total. The first-order chi connectivity index (χ1) is 18.3. The number of benzene rings is 4. The first-order valence-corrected chi connectivity index (χ1v) is 12.7. The van der Waals surface area contributed by atoms with Gasteiger partial charge in [-0.1, -0.05) is 121 Å². The van der Waals surface area contributed by atoms with E-state index in [4.69, 9.17) is 18.9 Å². The molecule has 4 aromatic carbocycles. The zero-order valence-corrected chi connectivity index (χ0v) is 20.8. The van der Waals surface area contributed by atoms with Crippen LogP contribution in [0.15, 0.2) is 127 Å². The van der Waals surface area contributed by atoms with Crippen LogP contribution in [0.1, 0.15) is 22.3 Å². The standard InChI is InChI=1S/C33H32O4/c1-5-13-26(14-6-1)21-30-32(35-23-28-17-9-3-10-18-28)33(36-24-29-19-11-4-12-20-29)31(37-30)25-34-22-27-15-7-2-8-16-27/h1-21,31-33H,22-25H2/b30-21+/t31-,32+,33-/m1/s1. The molecule has 1 aliphatic heterocycles. The first kappa shape index (κ1) is 25.0. The van der Waals surface area contributed by atoms with E-state index in [-0.39, 0.29) is 18.3 Å². The maximum Gasteiger partial charge on any atom is 0.151 e. The SMILES string of the molecule is C(=C1\O[C@H](COCc2ccccc2)[C@@H](OCc2ccccc2)[C@H]1OCc1ccccc1)/c1ccccc1. The summed E-state index contributed by atoms with van der Waals surface area (Å²) >= 11 is 0. The fraction of sp³-hybridized carbons (Fsp3) is 0.212. The summed E-state index contributed by atoms with van der Waals surface area (Å²) in [4.78, 5) is 0. The molecule has 0 amide bonds. The van der Waals surface area contributed by atoms with E-state index in [2.05, 4.69) is 48.5 Å². The molecule has 37 heavy (non-hydrogen) atoms. The van der Waals surface area contributed by atoms with Gasteiger partial charge in [0.2, 0.25) is 0 Å². The first-order valence-electron chi connectivity index (χ1n) is 12.7. The Bertz CT molecular complexity index is 1230. The van der Waals surface area contributed by atoms with Gasteiger partial charge >= 0.3 is 0 Å². The van der Waals surface area contributed by atoms with Crippen molar-refractivity contribution in [2.24, 2.45) is 0 Å². The summed E-state index contributed by atoms with van der Waals surface area (Å²) in [6.07, 6.45) is 1.05. The molecular weight excluding hydrogens is 460 g/mol. The molecule has 188 valence electrons. The topological polar surface area (TPSA) is 36.9 Å². The normalized spacial score (nSPS) is 20.1. The van der Waals surface area contributed by atoms with Gasteiger partial charge < -0.3 is 18.9 Å². The zero-order valence-electron chi connectivity index (χ0n) is 20.8. The van der Waals surface area contributed by atoms with Crippen LogP contribution < -0.4 is 0 Å². The minimum Gasteiger partial charge on any atom is -0.487 e. The van der Waals surface area contributed by atoms with Gasteiger partial charge in [0.25, 0.3) is 0 Å². The van der Waals surface area contributed by atoms with E-state index >= 15 is 0 Å². The molecule has 1 saturated heterocycles.